The van der Waals surface area contributed by atoms with Crippen molar-refractivity contribution >= 4 is 34.8 Å². The molecule has 7 nitrogen and oxygen atoms in total. The summed E-state index contributed by atoms with van der Waals surface area (Å²) in [6.07, 6.45) is 1.83. The van der Waals surface area contributed by atoms with Crippen molar-refractivity contribution in [1.29, 1.82) is 0 Å². The third-order valence-electron chi connectivity index (χ3n) is 4.74. The topological polar surface area (TPSA) is 102 Å². The lowest BCUT2D eigenvalue weighted by molar-refractivity contribution is -0.123. The number of anilines is 1. The molecule has 0 bridgehead atoms. The monoisotopic (exact) mass is 401 g/mol. The molecular formula is C20H23N3O4S. The van der Waals surface area contributed by atoms with E-state index in [-0.39, 0.29) is 17.7 Å². The number of methoxy groups -OCH3 is 1. The van der Waals surface area contributed by atoms with E-state index < -0.39 is 5.97 Å². The van der Waals surface area contributed by atoms with Crippen LogP contribution in [0.5, 0.6) is 0 Å². The lowest BCUT2D eigenvalue weighted by Gasteiger charge is -2.31. The Hall–Kier alpha value is -2.71. The summed E-state index contributed by atoms with van der Waals surface area (Å²) >= 11 is 1.09. The Balaban J connectivity index is 1.57. The molecule has 0 radical (unpaired) electrons. The molecule has 1 aliphatic rings. The van der Waals surface area contributed by atoms with Crippen molar-refractivity contribution in [3.8, 4) is 0 Å². The highest BCUT2D eigenvalue weighted by atomic mass is 32.1. The van der Waals surface area contributed by atoms with Crippen LogP contribution in [0.1, 0.15) is 37.7 Å². The molecule has 2 amide bonds. The second kappa shape index (κ2) is 8.99. The first-order valence-corrected chi connectivity index (χ1v) is 9.88. The van der Waals surface area contributed by atoms with Gasteiger partial charge in [-0.25, -0.2) is 4.79 Å². The van der Waals surface area contributed by atoms with Gasteiger partial charge in [0.25, 0.3) is 5.91 Å². The summed E-state index contributed by atoms with van der Waals surface area (Å²) < 4.78 is 4.65. The van der Waals surface area contributed by atoms with Gasteiger partial charge in [-0.2, -0.15) is 0 Å². The van der Waals surface area contributed by atoms with Gasteiger partial charge in [-0.15, -0.1) is 11.3 Å². The second-order valence-electron chi connectivity index (χ2n) is 6.78. The van der Waals surface area contributed by atoms with Gasteiger partial charge in [0.1, 0.15) is 4.88 Å². The van der Waals surface area contributed by atoms with E-state index in [0.29, 0.717) is 22.0 Å². The molecule has 3 N–H and O–H groups in total. The minimum absolute atomic E-state index is 0.0759. The van der Waals surface area contributed by atoms with Gasteiger partial charge in [-0.05, 0) is 49.2 Å². The number of hydrogen-bond acceptors (Lipinski definition) is 6. The summed E-state index contributed by atoms with van der Waals surface area (Å²) in [6.45, 7) is 2.38. The van der Waals surface area contributed by atoms with Gasteiger partial charge >= 0.3 is 5.97 Å². The maximum atomic E-state index is 12.3. The Kier molecular flexibility index (Phi) is 6.43. The summed E-state index contributed by atoms with van der Waals surface area (Å²) in [7, 11) is 1.31. The maximum absolute atomic E-state index is 12.3. The summed E-state index contributed by atoms with van der Waals surface area (Å²) in [5.41, 5.74) is 7.21. The predicted molar refractivity (Wildman–Crippen MR) is 107 cm³/mol. The van der Waals surface area contributed by atoms with E-state index >= 15 is 0 Å². The number of hydrogen-bond donors (Lipinski definition) is 2. The number of primary amides is 1. The van der Waals surface area contributed by atoms with Gasteiger partial charge in [0.15, 0.2) is 0 Å². The molecule has 2 aromatic rings. The normalized spacial score (nSPS) is 17.1. The lowest BCUT2D eigenvalue weighted by Crippen LogP contribution is -2.40. The summed E-state index contributed by atoms with van der Waals surface area (Å²) in [6, 6.07) is 10.8. The number of nitrogens with zero attached hydrogens (tertiary/aromatic N) is 1. The fourth-order valence-electron chi connectivity index (χ4n) is 3.25. The Morgan fingerprint density at radius 2 is 1.89 bits per heavy atom. The van der Waals surface area contributed by atoms with E-state index in [4.69, 9.17) is 5.73 Å². The minimum Gasteiger partial charge on any atom is -0.465 e. The molecular weight excluding hydrogens is 378 g/mol. The fraction of sp³-hybridized carbons (Fsp3) is 0.350. The number of benzene rings is 1. The van der Waals surface area contributed by atoms with Crippen molar-refractivity contribution in [1.82, 2.24) is 4.90 Å². The summed E-state index contributed by atoms with van der Waals surface area (Å²) in [4.78, 5) is 38.3. The van der Waals surface area contributed by atoms with Crippen molar-refractivity contribution in [2.75, 3.05) is 25.5 Å². The highest BCUT2D eigenvalue weighted by Gasteiger charge is 2.23. The van der Waals surface area contributed by atoms with Gasteiger partial charge in [-0.1, -0.05) is 12.1 Å². The van der Waals surface area contributed by atoms with E-state index in [2.05, 4.69) is 15.0 Å². The highest BCUT2D eigenvalue weighted by molar-refractivity contribution is 7.16. The molecule has 1 aromatic carbocycles. The first-order valence-electron chi connectivity index (χ1n) is 9.06. The number of esters is 1. The molecule has 3 rings (SSSR count). The molecule has 1 saturated heterocycles. The largest absolute Gasteiger partial charge is 0.465 e. The SMILES string of the molecule is COC(=O)c1ccc(C(=O)Nc2ccc(CN3CCCC(C(N)=O)C3)cc2)s1. The van der Waals surface area contributed by atoms with E-state index in [1.165, 1.54) is 7.11 Å². The third-order valence-corrected chi connectivity index (χ3v) is 5.81. The van der Waals surface area contributed by atoms with Crippen molar-refractivity contribution in [3.63, 3.8) is 0 Å². The van der Waals surface area contributed by atoms with Crippen LogP contribution in [-0.2, 0) is 16.1 Å². The Morgan fingerprint density at radius 3 is 2.57 bits per heavy atom. The Labute approximate surface area is 167 Å². The summed E-state index contributed by atoms with van der Waals surface area (Å²) in [5.74, 6) is -1.03. The molecule has 0 spiro atoms. The fourth-order valence-corrected chi connectivity index (χ4v) is 4.07. The third kappa shape index (κ3) is 4.96. The molecule has 1 aromatic heterocycles. The van der Waals surface area contributed by atoms with Gasteiger partial charge in [0.05, 0.1) is 17.9 Å². The van der Waals surface area contributed by atoms with Crippen molar-refractivity contribution in [3.05, 3.63) is 51.7 Å². The first kappa shape index (κ1) is 20.0. The van der Waals surface area contributed by atoms with Crippen LogP contribution in [0.25, 0.3) is 0 Å². The average molecular weight is 401 g/mol. The number of amides is 2. The minimum atomic E-state index is -0.454. The number of thiophene rings is 1. The van der Waals surface area contributed by atoms with Gasteiger partial charge in [-0.3, -0.25) is 14.5 Å². The molecule has 1 unspecified atom stereocenters. The number of rotatable bonds is 6. The van der Waals surface area contributed by atoms with Crippen LogP contribution in [0.2, 0.25) is 0 Å². The van der Waals surface area contributed by atoms with Crippen LogP contribution < -0.4 is 11.1 Å². The molecule has 1 aliphatic heterocycles. The zero-order valence-electron chi connectivity index (χ0n) is 15.6. The van der Waals surface area contributed by atoms with Crippen LogP contribution >= 0.6 is 11.3 Å². The molecule has 1 fully saturated rings. The maximum Gasteiger partial charge on any atom is 0.348 e. The highest BCUT2D eigenvalue weighted by Crippen LogP contribution is 2.21. The number of carbonyl (C=O) groups excluding carboxylic acids is 3. The van der Waals surface area contributed by atoms with Crippen molar-refractivity contribution in [2.45, 2.75) is 19.4 Å². The molecule has 28 heavy (non-hydrogen) atoms. The van der Waals surface area contributed by atoms with Crippen molar-refractivity contribution in [2.24, 2.45) is 11.7 Å². The van der Waals surface area contributed by atoms with Crippen LogP contribution in [0.4, 0.5) is 5.69 Å². The number of likely N-dealkylation sites (tertiary alicyclic amines) is 1. The van der Waals surface area contributed by atoms with E-state index in [9.17, 15) is 14.4 Å². The average Bonchev–Trinajstić information content (AvgIpc) is 3.19. The molecule has 0 saturated carbocycles. The number of ether oxygens (including phenoxy) is 1. The zero-order chi connectivity index (χ0) is 20.1. The molecule has 2 heterocycles. The standard InChI is InChI=1S/C20H23N3O4S/c1-27-20(26)17-9-8-16(28-17)19(25)22-15-6-4-13(5-7-15)11-23-10-2-3-14(12-23)18(21)24/h4-9,14H,2-3,10-12H2,1H3,(H2,21,24)(H,22,25). The van der Waals surface area contributed by atoms with Gasteiger partial charge in [0.2, 0.25) is 5.91 Å². The molecule has 1 atom stereocenters. The van der Waals surface area contributed by atoms with E-state index in [1.807, 2.05) is 24.3 Å². The van der Waals surface area contributed by atoms with Crippen LogP contribution in [-0.4, -0.2) is 42.9 Å². The first-order chi connectivity index (χ1) is 13.5. The number of piperidine rings is 1. The van der Waals surface area contributed by atoms with E-state index in [0.717, 1.165) is 42.8 Å². The number of carbonyl (C=O) groups is 3. The quantitative estimate of drug-likeness (QED) is 0.724. The van der Waals surface area contributed by atoms with Crippen molar-refractivity contribution < 1.29 is 19.1 Å². The van der Waals surface area contributed by atoms with Crippen LogP contribution in [0.15, 0.2) is 36.4 Å². The second-order valence-corrected chi connectivity index (χ2v) is 7.87. The predicted octanol–water partition coefficient (Wildman–Crippen LogP) is 2.48. The van der Waals surface area contributed by atoms with Crippen LogP contribution in [0, 0.1) is 5.92 Å². The number of nitrogens with two attached hydrogens (primary N) is 1. The molecule has 148 valence electrons. The lowest BCUT2D eigenvalue weighted by atomic mass is 9.97. The Bertz CT molecular complexity index is 863. The zero-order valence-corrected chi connectivity index (χ0v) is 16.5. The van der Waals surface area contributed by atoms with E-state index in [1.54, 1.807) is 12.1 Å². The molecule has 8 heteroatoms. The van der Waals surface area contributed by atoms with Crippen LogP contribution in [0.3, 0.4) is 0 Å². The van der Waals surface area contributed by atoms with Gasteiger partial charge < -0.3 is 15.8 Å². The smallest absolute Gasteiger partial charge is 0.348 e. The summed E-state index contributed by atoms with van der Waals surface area (Å²) in [5, 5.41) is 2.83. The molecule has 0 aliphatic carbocycles. The Morgan fingerprint density at radius 1 is 1.18 bits per heavy atom. The number of nitrogens with one attached hydrogen (secondary N) is 1. The van der Waals surface area contributed by atoms with Gasteiger partial charge in [0, 0.05) is 18.8 Å².